The number of fused-ring (bicyclic) bond motifs is 1. The number of aromatic hydroxyl groups is 1. The van der Waals surface area contributed by atoms with Crippen molar-refractivity contribution in [3.63, 3.8) is 0 Å². The lowest BCUT2D eigenvalue weighted by molar-refractivity contribution is -0.150. The third-order valence-electron chi connectivity index (χ3n) is 5.01. The van der Waals surface area contributed by atoms with E-state index in [1.54, 1.807) is 5.32 Å². The van der Waals surface area contributed by atoms with E-state index in [2.05, 4.69) is 10.5 Å². The van der Waals surface area contributed by atoms with E-state index >= 15 is 0 Å². The second-order valence-corrected chi connectivity index (χ2v) is 11.2. The quantitative estimate of drug-likeness (QED) is 0.150. The maximum Gasteiger partial charge on any atom is 0.414 e. The molecule has 4 amide bonds. The zero-order valence-corrected chi connectivity index (χ0v) is 22.7. The first-order valence-electron chi connectivity index (χ1n) is 10.1. The van der Waals surface area contributed by atoms with Gasteiger partial charge in [0.2, 0.25) is 0 Å². The molecule has 4 N–H and O–H groups in total. The number of nitrogens with zero attached hydrogens (tertiary/aromatic N) is 2. The Bertz CT molecular complexity index is 1270. The number of amides is 4. The van der Waals surface area contributed by atoms with Crippen molar-refractivity contribution in [2.24, 2.45) is 5.16 Å². The van der Waals surface area contributed by atoms with Crippen LogP contribution in [0.2, 0.25) is 5.02 Å². The van der Waals surface area contributed by atoms with Gasteiger partial charge in [-0.1, -0.05) is 51.6 Å². The van der Waals surface area contributed by atoms with Gasteiger partial charge < -0.3 is 25.1 Å². The van der Waals surface area contributed by atoms with E-state index in [1.807, 2.05) is 0 Å². The number of hydrogen-bond donors (Lipinski definition) is 4. The fourth-order valence-electron chi connectivity index (χ4n) is 3.33. The molecule has 0 radical (unpaired) electrons. The first-order chi connectivity index (χ1) is 17.8. The summed E-state index contributed by atoms with van der Waals surface area (Å²) in [5.41, 5.74) is -0.460. The van der Waals surface area contributed by atoms with Crippen molar-refractivity contribution in [1.82, 2.24) is 15.5 Å². The summed E-state index contributed by atoms with van der Waals surface area (Å²) in [5.74, 6) is -4.55. The highest BCUT2D eigenvalue weighted by atomic mass is 35.6. The molecule has 2 atom stereocenters. The first-order valence-corrected chi connectivity index (χ1v) is 12.7. The Labute approximate surface area is 238 Å². The third kappa shape index (κ3) is 6.38. The van der Waals surface area contributed by atoms with E-state index in [4.69, 9.17) is 56.0 Å². The summed E-state index contributed by atoms with van der Waals surface area (Å²) in [6.45, 7) is -0.590. The first kappa shape index (κ1) is 29.6. The van der Waals surface area contributed by atoms with Gasteiger partial charge in [0.05, 0.1) is 5.02 Å². The molecule has 1 aromatic rings. The van der Waals surface area contributed by atoms with Crippen LogP contribution in [0.4, 0.5) is 4.79 Å². The van der Waals surface area contributed by atoms with Gasteiger partial charge in [-0.05, 0) is 18.2 Å². The molecule has 1 unspecified atom stereocenters. The fraction of sp³-hybridized carbons (Fsp3) is 0.300. The molecule has 18 heteroatoms. The number of benzene rings is 1. The lowest BCUT2D eigenvalue weighted by atomic mass is 10.0. The Hall–Kier alpha value is -2.91. The number of carbonyl (C=O) groups excluding carboxylic acids is 4. The van der Waals surface area contributed by atoms with E-state index in [1.165, 1.54) is 25.3 Å². The molecule has 0 aromatic heterocycles. The number of oxime groups is 1. The van der Waals surface area contributed by atoms with Crippen LogP contribution in [-0.2, 0) is 28.8 Å². The SMILES string of the molecule is CO/N=C(/C(=O)NC1C(=O)N2C(C(=O)O)=C(COC(=O)NC(=O)C(Cl)(Cl)Cl)CS[C@H]12)c1ccc(O)c(Cl)c1. The second-order valence-electron chi connectivity index (χ2n) is 7.43. The number of halogens is 4. The summed E-state index contributed by atoms with van der Waals surface area (Å²) in [6.07, 6.45) is -1.30. The highest BCUT2D eigenvalue weighted by molar-refractivity contribution is 8.00. The summed E-state index contributed by atoms with van der Waals surface area (Å²) in [7, 11) is 1.20. The van der Waals surface area contributed by atoms with E-state index in [0.717, 1.165) is 16.7 Å². The zero-order chi connectivity index (χ0) is 28.4. The van der Waals surface area contributed by atoms with Crippen LogP contribution in [0.1, 0.15) is 5.56 Å². The molecular weight excluding hydrogens is 614 g/mol. The lowest BCUT2D eigenvalue weighted by Crippen LogP contribution is -2.71. The van der Waals surface area contributed by atoms with Crippen LogP contribution in [-0.4, -0.2) is 85.3 Å². The highest BCUT2D eigenvalue weighted by Gasteiger charge is 2.54. The molecular formula is C20H16Cl4N4O9S. The van der Waals surface area contributed by atoms with Crippen LogP contribution in [0.3, 0.4) is 0 Å². The van der Waals surface area contributed by atoms with Crippen LogP contribution < -0.4 is 10.6 Å². The van der Waals surface area contributed by atoms with Gasteiger partial charge in [0.1, 0.15) is 36.6 Å². The summed E-state index contributed by atoms with van der Waals surface area (Å²) in [5, 5.41) is 26.3. The molecule has 0 aliphatic carbocycles. The van der Waals surface area contributed by atoms with Gasteiger partial charge in [0.25, 0.3) is 21.5 Å². The number of alkyl carbamates (subject to hydrolysis) is 1. The molecule has 13 nitrogen and oxygen atoms in total. The molecule has 0 saturated carbocycles. The number of hydrogen-bond acceptors (Lipinski definition) is 10. The van der Waals surface area contributed by atoms with Crippen LogP contribution in [0.5, 0.6) is 5.75 Å². The maximum atomic E-state index is 12.9. The Balaban J connectivity index is 1.72. The van der Waals surface area contributed by atoms with Gasteiger partial charge in [-0.3, -0.25) is 24.6 Å². The fourth-order valence-corrected chi connectivity index (χ4v) is 4.98. The normalized spacial score (nSPS) is 19.2. The number of carbonyl (C=O) groups is 5. The second kappa shape index (κ2) is 11.9. The van der Waals surface area contributed by atoms with Gasteiger partial charge in [-0.2, -0.15) is 0 Å². The number of β-lactam (4-membered cyclic amide) rings is 1. The molecule has 204 valence electrons. The number of phenols is 1. The van der Waals surface area contributed by atoms with Crippen molar-refractivity contribution in [1.29, 1.82) is 0 Å². The predicted octanol–water partition coefficient (Wildman–Crippen LogP) is 1.76. The number of rotatable bonds is 7. The number of phenolic OH excluding ortho intramolecular Hbond substituents is 1. The Morgan fingerprint density at radius 1 is 1.26 bits per heavy atom. The van der Waals surface area contributed by atoms with E-state index in [-0.39, 0.29) is 33.4 Å². The number of alkyl halides is 3. The van der Waals surface area contributed by atoms with Crippen molar-refractivity contribution >= 4 is 93.7 Å². The number of imide groups is 1. The van der Waals surface area contributed by atoms with Crippen LogP contribution >= 0.6 is 58.2 Å². The minimum absolute atomic E-state index is 0.000715. The molecule has 0 bridgehead atoms. The molecule has 1 aromatic carbocycles. The third-order valence-corrected chi connectivity index (χ3v) is 7.16. The van der Waals surface area contributed by atoms with Crippen molar-refractivity contribution in [3.05, 3.63) is 40.1 Å². The Kier molecular flexibility index (Phi) is 9.26. The molecule has 2 heterocycles. The van der Waals surface area contributed by atoms with Gasteiger partial charge in [-0.15, -0.1) is 11.8 Å². The molecule has 2 aliphatic rings. The van der Waals surface area contributed by atoms with Crippen LogP contribution in [0, 0.1) is 0 Å². The maximum absolute atomic E-state index is 12.9. The molecule has 1 saturated heterocycles. The number of aliphatic carboxylic acids is 1. The zero-order valence-electron chi connectivity index (χ0n) is 18.9. The number of nitrogens with one attached hydrogen (secondary N) is 2. The van der Waals surface area contributed by atoms with Gasteiger partial charge >= 0.3 is 12.1 Å². The van der Waals surface area contributed by atoms with E-state index in [9.17, 15) is 34.2 Å². The van der Waals surface area contributed by atoms with Crippen molar-refractivity contribution < 1.29 is 43.8 Å². The highest BCUT2D eigenvalue weighted by Crippen LogP contribution is 2.40. The minimum Gasteiger partial charge on any atom is -0.506 e. The van der Waals surface area contributed by atoms with Gasteiger partial charge in [0.15, 0.2) is 5.71 Å². The standard InChI is InChI=1S/C20H16Cl4N4O9S/c1-36-27-11(7-2-3-10(29)9(21)4-7)14(30)25-12-15(31)28-13(17(32)33)8(6-38-16(12)28)5-37-19(35)26-18(34)20(22,23)24/h2-4,12,16,29H,5-6H2,1H3,(H,25,30)(H,32,33)(H,26,34,35)/b27-11+/t12?,16-/m1/s1. The molecule has 38 heavy (non-hydrogen) atoms. The van der Waals surface area contributed by atoms with Crippen molar-refractivity contribution in [2.75, 3.05) is 19.5 Å². The van der Waals surface area contributed by atoms with Crippen molar-refractivity contribution in [3.8, 4) is 5.75 Å². The van der Waals surface area contributed by atoms with Gasteiger partial charge in [-0.25, -0.2) is 9.59 Å². The van der Waals surface area contributed by atoms with Crippen LogP contribution in [0.25, 0.3) is 0 Å². The summed E-state index contributed by atoms with van der Waals surface area (Å²) in [6, 6.07) is 2.75. The average Bonchev–Trinajstić information content (AvgIpc) is 2.84. The molecule has 2 aliphatic heterocycles. The lowest BCUT2D eigenvalue weighted by Gasteiger charge is -2.49. The Morgan fingerprint density at radius 2 is 1.95 bits per heavy atom. The summed E-state index contributed by atoms with van der Waals surface area (Å²) < 4.78 is 2.41. The van der Waals surface area contributed by atoms with Crippen LogP contribution in [0.15, 0.2) is 34.6 Å². The van der Waals surface area contributed by atoms with E-state index in [0.29, 0.717) is 0 Å². The number of ether oxygens (including phenoxy) is 1. The number of carboxylic acids is 1. The summed E-state index contributed by atoms with van der Waals surface area (Å²) >= 11 is 23.0. The molecule has 1 fully saturated rings. The predicted molar refractivity (Wildman–Crippen MR) is 136 cm³/mol. The minimum atomic E-state index is -2.43. The largest absolute Gasteiger partial charge is 0.506 e. The monoisotopic (exact) mass is 628 g/mol. The van der Waals surface area contributed by atoms with E-state index < -0.39 is 57.3 Å². The van der Waals surface area contributed by atoms with Crippen molar-refractivity contribution in [2.45, 2.75) is 15.2 Å². The number of thioether (sulfide) groups is 1. The Morgan fingerprint density at radius 3 is 2.53 bits per heavy atom. The molecule has 3 rings (SSSR count). The summed E-state index contributed by atoms with van der Waals surface area (Å²) in [4.78, 5) is 66.7. The van der Waals surface area contributed by atoms with Gasteiger partial charge in [0, 0.05) is 16.9 Å². The number of carboxylic acid groups (broad SMARTS) is 1. The molecule has 0 spiro atoms. The topological polar surface area (TPSA) is 184 Å². The average molecular weight is 630 g/mol. The smallest absolute Gasteiger partial charge is 0.414 e.